The molecular weight excluding hydrogens is 196 g/mol. The fourth-order valence-electron chi connectivity index (χ4n) is 2.33. The first-order chi connectivity index (χ1) is 7.76. The van der Waals surface area contributed by atoms with Gasteiger partial charge in [-0.3, -0.25) is 0 Å². The molecule has 0 aliphatic heterocycles. The second-order valence-electron chi connectivity index (χ2n) is 4.93. The summed E-state index contributed by atoms with van der Waals surface area (Å²) in [5.74, 6) is 0.865. The second kappa shape index (κ2) is 7.48. The lowest BCUT2D eigenvalue weighted by molar-refractivity contribution is -0.671. The molecule has 1 aromatic heterocycles. The van der Waals surface area contributed by atoms with Gasteiger partial charge >= 0.3 is 0 Å². The van der Waals surface area contributed by atoms with Crippen molar-refractivity contribution >= 4 is 0 Å². The van der Waals surface area contributed by atoms with Gasteiger partial charge in [0.1, 0.15) is 12.4 Å². The highest BCUT2D eigenvalue weighted by Crippen LogP contribution is 2.17. The molecule has 1 rings (SSSR count). The molecule has 2 nitrogen and oxygen atoms in total. The predicted molar refractivity (Wildman–Crippen MR) is 68.1 cm³/mol. The molecular formula is C14H27N2+. The minimum Gasteiger partial charge on any atom is -0.240 e. The Kier molecular flexibility index (Phi) is 6.20. The highest BCUT2D eigenvalue weighted by molar-refractivity contribution is 4.69. The van der Waals surface area contributed by atoms with Gasteiger partial charge in [0.25, 0.3) is 0 Å². The summed E-state index contributed by atoms with van der Waals surface area (Å²) in [5, 5.41) is 0. The van der Waals surface area contributed by atoms with E-state index >= 15 is 0 Å². The van der Waals surface area contributed by atoms with Crippen molar-refractivity contribution in [1.29, 1.82) is 0 Å². The largest absolute Gasteiger partial charge is 0.243 e. The molecule has 0 spiro atoms. The van der Waals surface area contributed by atoms with Crippen LogP contribution in [0, 0.1) is 5.92 Å². The van der Waals surface area contributed by atoms with Crippen LogP contribution in [0.2, 0.25) is 0 Å². The Bertz CT molecular complexity index is 278. The fraction of sp³-hybridized carbons (Fsp3) is 0.786. The quantitative estimate of drug-likeness (QED) is 0.472. The number of hydrogen-bond acceptors (Lipinski definition) is 0. The van der Waals surface area contributed by atoms with Crippen LogP contribution in [0.3, 0.4) is 0 Å². The predicted octanol–water partition coefficient (Wildman–Crippen LogP) is 3.31. The summed E-state index contributed by atoms with van der Waals surface area (Å²) in [6.07, 6.45) is 14.7. The number of hydrogen-bond donors (Lipinski definition) is 0. The molecule has 0 bridgehead atoms. The summed E-state index contributed by atoms with van der Waals surface area (Å²) in [5.41, 5.74) is 0. The molecule has 1 atom stereocenters. The van der Waals surface area contributed by atoms with Crippen LogP contribution in [0.4, 0.5) is 0 Å². The van der Waals surface area contributed by atoms with Crippen molar-refractivity contribution in [2.45, 2.75) is 58.9 Å². The molecule has 2 heteroatoms. The lowest BCUT2D eigenvalue weighted by atomic mass is 9.96. The normalized spacial score (nSPS) is 12.9. The number of rotatable bonds is 8. The molecule has 1 heterocycles. The van der Waals surface area contributed by atoms with Crippen molar-refractivity contribution in [2.75, 3.05) is 0 Å². The van der Waals surface area contributed by atoms with Crippen LogP contribution in [-0.4, -0.2) is 4.57 Å². The molecule has 0 aliphatic carbocycles. The Balaban J connectivity index is 2.37. The van der Waals surface area contributed by atoms with Crippen LogP contribution >= 0.6 is 0 Å². The van der Waals surface area contributed by atoms with E-state index in [1.165, 1.54) is 45.1 Å². The molecule has 16 heavy (non-hydrogen) atoms. The minimum absolute atomic E-state index is 0.865. The summed E-state index contributed by atoms with van der Waals surface area (Å²) >= 11 is 0. The Morgan fingerprint density at radius 3 is 2.50 bits per heavy atom. The van der Waals surface area contributed by atoms with Gasteiger partial charge in [-0.1, -0.05) is 39.5 Å². The number of aromatic nitrogens is 2. The Hall–Kier alpha value is -0.790. The fourth-order valence-corrected chi connectivity index (χ4v) is 2.33. The van der Waals surface area contributed by atoms with Crippen molar-refractivity contribution in [1.82, 2.24) is 4.57 Å². The monoisotopic (exact) mass is 223 g/mol. The summed E-state index contributed by atoms with van der Waals surface area (Å²) in [6.45, 7) is 5.77. The lowest BCUT2D eigenvalue weighted by Gasteiger charge is -2.13. The Labute approximate surface area is 100 Å². The van der Waals surface area contributed by atoms with Crippen molar-refractivity contribution < 1.29 is 4.57 Å². The second-order valence-corrected chi connectivity index (χ2v) is 4.93. The van der Waals surface area contributed by atoms with E-state index in [0.717, 1.165) is 5.92 Å². The van der Waals surface area contributed by atoms with Gasteiger partial charge in [0, 0.05) is 0 Å². The molecule has 0 radical (unpaired) electrons. The van der Waals surface area contributed by atoms with Crippen molar-refractivity contribution in [3.8, 4) is 0 Å². The maximum atomic E-state index is 2.33. The van der Waals surface area contributed by atoms with Gasteiger partial charge in [-0.25, -0.2) is 9.13 Å². The highest BCUT2D eigenvalue weighted by Gasteiger charge is 2.11. The molecule has 0 amide bonds. The van der Waals surface area contributed by atoms with Crippen LogP contribution in [0.5, 0.6) is 0 Å². The average molecular weight is 223 g/mol. The van der Waals surface area contributed by atoms with E-state index in [2.05, 4.69) is 48.8 Å². The smallest absolute Gasteiger partial charge is 0.240 e. The number of imidazole rings is 1. The number of nitrogens with zero attached hydrogens (tertiary/aromatic N) is 2. The Morgan fingerprint density at radius 2 is 1.94 bits per heavy atom. The van der Waals surface area contributed by atoms with E-state index in [9.17, 15) is 0 Å². The van der Waals surface area contributed by atoms with Gasteiger partial charge in [-0.15, -0.1) is 0 Å². The standard InChI is InChI=1S/C14H27N2/c1-4-6-7-9-14(8-5-2)12-16-11-10-15(3)13-16/h10-11,13-14H,4-9,12H2,1-3H3/q+1. The van der Waals surface area contributed by atoms with Crippen LogP contribution in [0.1, 0.15) is 52.4 Å². The molecule has 0 saturated carbocycles. The third-order valence-electron chi connectivity index (χ3n) is 3.21. The zero-order valence-corrected chi connectivity index (χ0v) is 11.2. The lowest BCUT2D eigenvalue weighted by Crippen LogP contribution is -2.24. The van der Waals surface area contributed by atoms with Crippen molar-refractivity contribution in [3.05, 3.63) is 18.7 Å². The van der Waals surface area contributed by atoms with Crippen LogP contribution < -0.4 is 4.57 Å². The summed E-state index contributed by atoms with van der Waals surface area (Å²) in [7, 11) is 2.09. The van der Waals surface area contributed by atoms with Gasteiger partial charge in [0.2, 0.25) is 6.33 Å². The highest BCUT2D eigenvalue weighted by atomic mass is 15.1. The molecule has 0 aromatic carbocycles. The van der Waals surface area contributed by atoms with Gasteiger partial charge in [-0.2, -0.15) is 0 Å². The first kappa shape index (κ1) is 13.3. The SMILES string of the molecule is CCCCCC(CCC)Cn1cc[n+](C)c1. The molecule has 0 N–H and O–H groups in total. The number of unbranched alkanes of at least 4 members (excludes halogenated alkanes) is 2. The Morgan fingerprint density at radius 1 is 1.12 bits per heavy atom. The van der Waals surface area contributed by atoms with Crippen LogP contribution in [0.15, 0.2) is 18.7 Å². The maximum absolute atomic E-state index is 2.33. The van der Waals surface area contributed by atoms with Gasteiger partial charge in [0.15, 0.2) is 0 Å². The summed E-state index contributed by atoms with van der Waals surface area (Å²) in [4.78, 5) is 0. The number of aryl methyl sites for hydroxylation is 1. The van der Waals surface area contributed by atoms with Crippen molar-refractivity contribution in [3.63, 3.8) is 0 Å². The summed E-state index contributed by atoms with van der Waals surface area (Å²) in [6, 6.07) is 0. The zero-order chi connectivity index (χ0) is 11.8. The molecule has 0 fully saturated rings. The summed E-state index contributed by atoms with van der Waals surface area (Å²) < 4.78 is 4.45. The third-order valence-corrected chi connectivity index (χ3v) is 3.21. The van der Waals surface area contributed by atoms with E-state index in [-0.39, 0.29) is 0 Å². The van der Waals surface area contributed by atoms with E-state index in [0.29, 0.717) is 0 Å². The topological polar surface area (TPSA) is 8.81 Å². The first-order valence-corrected chi connectivity index (χ1v) is 6.77. The molecule has 1 unspecified atom stereocenters. The molecule has 1 aromatic rings. The third kappa shape index (κ3) is 4.82. The zero-order valence-electron chi connectivity index (χ0n) is 11.2. The van der Waals surface area contributed by atoms with Gasteiger partial charge < -0.3 is 0 Å². The van der Waals surface area contributed by atoms with Gasteiger partial charge in [0.05, 0.1) is 13.6 Å². The van der Waals surface area contributed by atoms with Gasteiger partial charge in [-0.05, 0) is 18.8 Å². The maximum Gasteiger partial charge on any atom is 0.243 e. The van der Waals surface area contributed by atoms with E-state index in [1.54, 1.807) is 0 Å². The van der Waals surface area contributed by atoms with Crippen LogP contribution in [-0.2, 0) is 13.6 Å². The first-order valence-electron chi connectivity index (χ1n) is 6.77. The molecule has 0 aliphatic rings. The van der Waals surface area contributed by atoms with E-state index in [4.69, 9.17) is 0 Å². The average Bonchev–Trinajstić information content (AvgIpc) is 2.65. The minimum atomic E-state index is 0.865. The van der Waals surface area contributed by atoms with Crippen LogP contribution in [0.25, 0.3) is 0 Å². The van der Waals surface area contributed by atoms with Crippen molar-refractivity contribution in [2.24, 2.45) is 13.0 Å². The molecule has 92 valence electrons. The van der Waals surface area contributed by atoms with E-state index in [1.807, 2.05) is 0 Å². The van der Waals surface area contributed by atoms with E-state index < -0.39 is 0 Å². The molecule has 0 saturated heterocycles.